The van der Waals surface area contributed by atoms with E-state index in [0.717, 1.165) is 11.3 Å². The van der Waals surface area contributed by atoms with Crippen LogP contribution in [-0.2, 0) is 6.54 Å². The van der Waals surface area contributed by atoms with Crippen molar-refractivity contribution in [1.29, 1.82) is 0 Å². The van der Waals surface area contributed by atoms with Crippen LogP contribution in [0.1, 0.15) is 32.0 Å². The van der Waals surface area contributed by atoms with E-state index in [9.17, 15) is 9.59 Å². The Bertz CT molecular complexity index is 612. The van der Waals surface area contributed by atoms with E-state index < -0.39 is 0 Å². The highest BCUT2D eigenvalue weighted by Crippen LogP contribution is 2.23. The number of nitrogens with one attached hydrogen (secondary N) is 1. The van der Waals surface area contributed by atoms with E-state index in [1.54, 1.807) is 12.3 Å². The van der Waals surface area contributed by atoms with Gasteiger partial charge in [-0.25, -0.2) is 0 Å². The lowest BCUT2D eigenvalue weighted by Gasteiger charge is -2.12. The molecule has 0 aliphatic carbocycles. The number of amides is 2. The summed E-state index contributed by atoms with van der Waals surface area (Å²) in [6.07, 6.45) is 4.56. The van der Waals surface area contributed by atoms with Crippen LogP contribution in [-0.4, -0.2) is 31.9 Å². The number of aromatic amines is 1. The Morgan fingerprint density at radius 2 is 2.00 bits per heavy atom. The van der Waals surface area contributed by atoms with E-state index in [4.69, 9.17) is 0 Å². The Morgan fingerprint density at radius 3 is 2.67 bits per heavy atom. The van der Waals surface area contributed by atoms with E-state index in [-0.39, 0.29) is 18.4 Å². The second kappa shape index (κ2) is 3.76. The van der Waals surface area contributed by atoms with Crippen LogP contribution >= 0.6 is 0 Å². The van der Waals surface area contributed by atoms with Crippen LogP contribution in [0.3, 0.4) is 0 Å². The zero-order chi connectivity index (χ0) is 12.7. The minimum atomic E-state index is -0.302. The van der Waals surface area contributed by atoms with Crippen LogP contribution in [0.4, 0.5) is 0 Å². The van der Waals surface area contributed by atoms with Crippen molar-refractivity contribution in [3.05, 3.63) is 47.0 Å². The molecule has 6 heteroatoms. The quantitative estimate of drug-likeness (QED) is 0.794. The smallest absolute Gasteiger partial charge is 0.263 e. The molecule has 1 aliphatic rings. The maximum absolute atomic E-state index is 12.1. The maximum atomic E-state index is 12.1. The van der Waals surface area contributed by atoms with Gasteiger partial charge in [0, 0.05) is 23.7 Å². The summed E-state index contributed by atoms with van der Waals surface area (Å²) < 4.78 is 0. The lowest BCUT2D eigenvalue weighted by Crippen LogP contribution is -2.29. The van der Waals surface area contributed by atoms with Gasteiger partial charge < -0.3 is 0 Å². The van der Waals surface area contributed by atoms with Crippen molar-refractivity contribution < 1.29 is 9.59 Å². The fourth-order valence-corrected chi connectivity index (χ4v) is 1.98. The standard InChI is InChI=1S/C12H10N4O2/c1-7-8(4-14-15-7)6-16-11(17)9-2-3-13-5-10(9)12(16)18/h2-5H,6H2,1H3,(H,14,15). The Kier molecular flexibility index (Phi) is 2.22. The molecule has 0 fully saturated rings. The molecule has 6 nitrogen and oxygen atoms in total. The fourth-order valence-electron chi connectivity index (χ4n) is 1.98. The molecule has 0 atom stereocenters. The van der Waals surface area contributed by atoms with Gasteiger partial charge in [-0.2, -0.15) is 5.10 Å². The molecule has 3 rings (SSSR count). The summed E-state index contributed by atoms with van der Waals surface area (Å²) in [4.78, 5) is 29.3. The third kappa shape index (κ3) is 1.42. The Morgan fingerprint density at radius 1 is 1.22 bits per heavy atom. The van der Waals surface area contributed by atoms with E-state index in [1.165, 1.54) is 17.3 Å². The third-order valence-corrected chi connectivity index (χ3v) is 3.03. The van der Waals surface area contributed by atoms with Crippen molar-refractivity contribution in [1.82, 2.24) is 20.1 Å². The van der Waals surface area contributed by atoms with Gasteiger partial charge >= 0.3 is 0 Å². The number of carbonyl (C=O) groups excluding carboxylic acids is 2. The van der Waals surface area contributed by atoms with Crippen LogP contribution in [0, 0.1) is 6.92 Å². The van der Waals surface area contributed by atoms with Gasteiger partial charge in [-0.3, -0.25) is 24.6 Å². The van der Waals surface area contributed by atoms with Gasteiger partial charge in [-0.1, -0.05) is 0 Å². The number of hydrogen-bond acceptors (Lipinski definition) is 4. The van der Waals surface area contributed by atoms with Crippen molar-refractivity contribution in [3.8, 4) is 0 Å². The Balaban J connectivity index is 1.95. The number of hydrogen-bond donors (Lipinski definition) is 1. The summed E-state index contributed by atoms with van der Waals surface area (Å²) in [5.74, 6) is -0.582. The number of H-pyrrole nitrogens is 1. The number of rotatable bonds is 2. The predicted octanol–water partition coefficient (Wildman–Crippen LogP) is 0.909. The average Bonchev–Trinajstić information content (AvgIpc) is 2.89. The fraction of sp³-hybridized carbons (Fsp3) is 0.167. The largest absolute Gasteiger partial charge is 0.283 e. The molecule has 90 valence electrons. The summed E-state index contributed by atoms with van der Waals surface area (Å²) in [6, 6.07) is 1.57. The molecule has 0 bridgehead atoms. The highest BCUT2D eigenvalue weighted by atomic mass is 16.2. The van der Waals surface area contributed by atoms with Crippen molar-refractivity contribution in [2.24, 2.45) is 0 Å². The van der Waals surface area contributed by atoms with Crippen molar-refractivity contribution >= 4 is 11.8 Å². The molecule has 2 aromatic rings. The van der Waals surface area contributed by atoms with E-state index in [2.05, 4.69) is 15.2 Å². The van der Waals surface area contributed by atoms with Crippen molar-refractivity contribution in [2.45, 2.75) is 13.5 Å². The first-order valence-electron chi connectivity index (χ1n) is 5.47. The number of imide groups is 1. The van der Waals surface area contributed by atoms with Crippen LogP contribution in [0.25, 0.3) is 0 Å². The zero-order valence-corrected chi connectivity index (χ0v) is 9.67. The zero-order valence-electron chi connectivity index (χ0n) is 9.67. The molecule has 1 aliphatic heterocycles. The molecule has 0 aromatic carbocycles. The lowest BCUT2D eigenvalue weighted by atomic mass is 10.2. The molecular formula is C12H10N4O2. The van der Waals surface area contributed by atoms with Crippen molar-refractivity contribution in [2.75, 3.05) is 0 Å². The second-order valence-electron chi connectivity index (χ2n) is 4.14. The number of fused-ring (bicyclic) bond motifs is 1. The first-order valence-corrected chi connectivity index (χ1v) is 5.47. The number of aryl methyl sites for hydroxylation is 1. The van der Waals surface area contributed by atoms with E-state index in [1.807, 2.05) is 6.92 Å². The maximum Gasteiger partial charge on any atom is 0.263 e. The molecule has 0 saturated heterocycles. The molecule has 18 heavy (non-hydrogen) atoms. The molecule has 1 N–H and O–H groups in total. The van der Waals surface area contributed by atoms with Crippen LogP contribution < -0.4 is 0 Å². The van der Waals surface area contributed by atoms with Gasteiger partial charge in [-0.05, 0) is 13.0 Å². The molecule has 0 unspecified atom stereocenters. The summed E-state index contributed by atoms with van der Waals surface area (Å²) in [5.41, 5.74) is 2.46. The number of nitrogens with zero attached hydrogens (tertiary/aromatic N) is 3. The molecule has 3 heterocycles. The van der Waals surface area contributed by atoms with Gasteiger partial charge in [-0.15, -0.1) is 0 Å². The second-order valence-corrected chi connectivity index (χ2v) is 4.14. The molecule has 0 spiro atoms. The first-order chi connectivity index (χ1) is 8.68. The SMILES string of the molecule is Cc1[nH]ncc1CN1C(=O)c2ccncc2C1=O. The van der Waals surface area contributed by atoms with Gasteiger partial charge in [0.25, 0.3) is 11.8 Å². The highest BCUT2D eigenvalue weighted by Gasteiger charge is 2.35. The Labute approximate surface area is 103 Å². The molecule has 2 amide bonds. The molecule has 0 saturated carbocycles. The third-order valence-electron chi connectivity index (χ3n) is 3.03. The van der Waals surface area contributed by atoms with Gasteiger partial charge in [0.05, 0.1) is 23.9 Å². The monoisotopic (exact) mass is 242 g/mol. The molecule has 0 radical (unpaired) electrons. The summed E-state index contributed by atoms with van der Waals surface area (Å²) in [6.45, 7) is 2.08. The summed E-state index contributed by atoms with van der Waals surface area (Å²) in [7, 11) is 0. The normalized spacial score (nSPS) is 14.2. The minimum absolute atomic E-state index is 0.231. The topological polar surface area (TPSA) is 79.0 Å². The first kappa shape index (κ1) is 10.6. The molecule has 2 aromatic heterocycles. The highest BCUT2D eigenvalue weighted by molar-refractivity contribution is 6.21. The summed E-state index contributed by atoms with van der Waals surface area (Å²) in [5, 5.41) is 6.66. The average molecular weight is 242 g/mol. The number of aromatic nitrogens is 3. The van der Waals surface area contributed by atoms with E-state index >= 15 is 0 Å². The molecular weight excluding hydrogens is 232 g/mol. The number of pyridine rings is 1. The summed E-state index contributed by atoms with van der Waals surface area (Å²) >= 11 is 0. The van der Waals surface area contributed by atoms with Crippen LogP contribution in [0.5, 0.6) is 0 Å². The predicted molar refractivity (Wildman–Crippen MR) is 61.8 cm³/mol. The minimum Gasteiger partial charge on any atom is -0.283 e. The van der Waals surface area contributed by atoms with E-state index in [0.29, 0.717) is 11.1 Å². The Hall–Kier alpha value is -2.50. The van der Waals surface area contributed by atoms with Crippen LogP contribution in [0.2, 0.25) is 0 Å². The van der Waals surface area contributed by atoms with Gasteiger partial charge in [0.15, 0.2) is 0 Å². The van der Waals surface area contributed by atoms with Gasteiger partial charge in [0.2, 0.25) is 0 Å². The van der Waals surface area contributed by atoms with Gasteiger partial charge in [0.1, 0.15) is 0 Å². The van der Waals surface area contributed by atoms with Crippen LogP contribution in [0.15, 0.2) is 24.7 Å². The lowest BCUT2D eigenvalue weighted by molar-refractivity contribution is 0.0642. The number of carbonyl (C=O) groups is 2. The van der Waals surface area contributed by atoms with Crippen molar-refractivity contribution in [3.63, 3.8) is 0 Å².